The Morgan fingerprint density at radius 1 is 0.962 bits per heavy atom. The monoisotopic (exact) mass is 375 g/mol. The Hall–Kier alpha value is -2.38. The number of hydrogen-bond donors (Lipinski definition) is 1. The van der Waals surface area contributed by atoms with Crippen molar-refractivity contribution >= 4 is 27.3 Å². The molecule has 0 unspecified atom stereocenters. The number of aryl methyl sites for hydroxylation is 2. The third-order valence-corrected chi connectivity index (χ3v) is 5.91. The van der Waals surface area contributed by atoms with Crippen molar-refractivity contribution in [3.05, 3.63) is 53.1 Å². The van der Waals surface area contributed by atoms with E-state index in [2.05, 4.69) is 5.32 Å². The number of sulfonamides is 1. The van der Waals surface area contributed by atoms with Crippen LogP contribution in [0.25, 0.3) is 0 Å². The minimum absolute atomic E-state index is 0.129. The zero-order chi connectivity index (χ0) is 19.6. The lowest BCUT2D eigenvalue weighted by Crippen LogP contribution is -2.23. The highest BCUT2D eigenvalue weighted by molar-refractivity contribution is 7.89. The van der Waals surface area contributed by atoms with Gasteiger partial charge in [0, 0.05) is 33.8 Å². The Morgan fingerprint density at radius 2 is 1.62 bits per heavy atom. The molecule has 0 aliphatic rings. The SMILES string of the molecule is Cc1ccc(C(=O)Nc2cc(S(=O)(=O)N(C)C)ccc2N(C)C)c(C)c1. The van der Waals surface area contributed by atoms with Gasteiger partial charge in [-0.05, 0) is 43.7 Å². The van der Waals surface area contributed by atoms with Crippen LogP contribution in [-0.2, 0) is 10.0 Å². The first kappa shape index (κ1) is 19.9. The van der Waals surface area contributed by atoms with Crippen LogP contribution in [-0.4, -0.2) is 46.8 Å². The second-order valence-corrected chi connectivity index (χ2v) is 8.79. The Morgan fingerprint density at radius 3 is 2.15 bits per heavy atom. The third kappa shape index (κ3) is 4.05. The summed E-state index contributed by atoms with van der Waals surface area (Å²) >= 11 is 0. The maximum Gasteiger partial charge on any atom is 0.255 e. The molecule has 0 fully saturated rings. The lowest BCUT2D eigenvalue weighted by Gasteiger charge is -2.20. The van der Waals surface area contributed by atoms with Crippen molar-refractivity contribution in [2.45, 2.75) is 18.7 Å². The van der Waals surface area contributed by atoms with E-state index in [9.17, 15) is 13.2 Å². The Kier molecular flexibility index (Phi) is 5.73. The fourth-order valence-corrected chi connectivity index (χ4v) is 3.56. The predicted octanol–water partition coefficient (Wildman–Crippen LogP) is 2.87. The van der Waals surface area contributed by atoms with Gasteiger partial charge < -0.3 is 10.2 Å². The summed E-state index contributed by atoms with van der Waals surface area (Å²) in [6, 6.07) is 10.3. The number of nitrogens with one attached hydrogen (secondary N) is 1. The van der Waals surface area contributed by atoms with Crippen LogP contribution in [0, 0.1) is 13.8 Å². The molecule has 0 saturated carbocycles. The van der Waals surface area contributed by atoms with E-state index in [0.717, 1.165) is 21.1 Å². The van der Waals surface area contributed by atoms with Crippen molar-refractivity contribution in [2.24, 2.45) is 0 Å². The van der Waals surface area contributed by atoms with Gasteiger partial charge in [-0.2, -0.15) is 0 Å². The van der Waals surface area contributed by atoms with Gasteiger partial charge in [0.1, 0.15) is 0 Å². The summed E-state index contributed by atoms with van der Waals surface area (Å²) in [6.07, 6.45) is 0. The lowest BCUT2D eigenvalue weighted by atomic mass is 10.1. The molecule has 26 heavy (non-hydrogen) atoms. The summed E-state index contributed by atoms with van der Waals surface area (Å²) in [4.78, 5) is 14.7. The number of carbonyl (C=O) groups excluding carboxylic acids is 1. The van der Waals surface area contributed by atoms with Gasteiger partial charge in [0.2, 0.25) is 10.0 Å². The highest BCUT2D eigenvalue weighted by Crippen LogP contribution is 2.29. The molecule has 0 bridgehead atoms. The first-order chi connectivity index (χ1) is 12.0. The second-order valence-electron chi connectivity index (χ2n) is 6.63. The van der Waals surface area contributed by atoms with E-state index in [1.165, 1.54) is 26.2 Å². The van der Waals surface area contributed by atoms with Gasteiger partial charge >= 0.3 is 0 Å². The lowest BCUT2D eigenvalue weighted by molar-refractivity contribution is 0.102. The number of nitrogens with zero attached hydrogens (tertiary/aromatic N) is 2. The van der Waals surface area contributed by atoms with E-state index >= 15 is 0 Å². The van der Waals surface area contributed by atoms with Gasteiger partial charge in [-0.25, -0.2) is 12.7 Å². The number of rotatable bonds is 5. The second kappa shape index (κ2) is 7.47. The fourth-order valence-electron chi connectivity index (χ4n) is 2.63. The van der Waals surface area contributed by atoms with Gasteiger partial charge in [-0.3, -0.25) is 4.79 Å². The zero-order valence-corrected chi connectivity index (χ0v) is 16.8. The standard InChI is InChI=1S/C19H25N3O3S/c1-13-7-9-16(14(2)11-13)19(23)20-17-12-15(26(24,25)22(5)6)8-10-18(17)21(3)4/h7-12H,1-6H3,(H,20,23). The average Bonchev–Trinajstić information content (AvgIpc) is 2.54. The fraction of sp³-hybridized carbons (Fsp3) is 0.316. The smallest absolute Gasteiger partial charge is 0.255 e. The molecule has 2 rings (SSSR count). The molecule has 0 radical (unpaired) electrons. The molecular weight excluding hydrogens is 350 g/mol. The van der Waals surface area contributed by atoms with Crippen LogP contribution in [0.5, 0.6) is 0 Å². The molecule has 0 atom stereocenters. The van der Waals surface area contributed by atoms with Crippen molar-refractivity contribution in [2.75, 3.05) is 38.4 Å². The van der Waals surface area contributed by atoms with Crippen LogP contribution in [0.15, 0.2) is 41.3 Å². The molecule has 1 amide bonds. The van der Waals surface area contributed by atoms with Gasteiger partial charge in [-0.1, -0.05) is 17.7 Å². The van der Waals surface area contributed by atoms with Crippen molar-refractivity contribution in [1.82, 2.24) is 4.31 Å². The highest BCUT2D eigenvalue weighted by atomic mass is 32.2. The maximum absolute atomic E-state index is 12.7. The van der Waals surface area contributed by atoms with E-state index in [0.29, 0.717) is 11.3 Å². The molecule has 0 aromatic heterocycles. The van der Waals surface area contributed by atoms with Gasteiger partial charge in [-0.15, -0.1) is 0 Å². The number of anilines is 2. The molecule has 1 N–H and O–H groups in total. The topological polar surface area (TPSA) is 69.7 Å². The molecule has 6 nitrogen and oxygen atoms in total. The first-order valence-corrected chi connectivity index (χ1v) is 9.60. The average molecular weight is 375 g/mol. The molecule has 0 aliphatic heterocycles. The van der Waals surface area contributed by atoms with Gasteiger partial charge in [0.05, 0.1) is 16.3 Å². The molecule has 140 valence electrons. The van der Waals surface area contributed by atoms with Crippen LogP contribution < -0.4 is 10.2 Å². The number of carbonyl (C=O) groups is 1. The molecule has 2 aromatic carbocycles. The summed E-state index contributed by atoms with van der Waals surface area (Å²) < 4.78 is 26.0. The zero-order valence-electron chi connectivity index (χ0n) is 16.0. The molecule has 0 aliphatic carbocycles. The Balaban J connectivity index is 2.48. The van der Waals surface area contributed by atoms with Crippen molar-refractivity contribution in [3.8, 4) is 0 Å². The quantitative estimate of drug-likeness (QED) is 0.872. The number of amides is 1. The molecule has 0 saturated heterocycles. The van der Waals surface area contributed by atoms with E-state index in [1.807, 2.05) is 45.0 Å². The summed E-state index contributed by atoms with van der Waals surface area (Å²) in [5, 5.41) is 2.86. The van der Waals surface area contributed by atoms with E-state index in [-0.39, 0.29) is 10.8 Å². The molecule has 0 heterocycles. The minimum atomic E-state index is -3.59. The van der Waals surface area contributed by atoms with Crippen molar-refractivity contribution in [1.29, 1.82) is 0 Å². The highest BCUT2D eigenvalue weighted by Gasteiger charge is 2.20. The Bertz CT molecular complexity index is 935. The summed E-state index contributed by atoms with van der Waals surface area (Å²) in [5.41, 5.74) is 3.67. The summed E-state index contributed by atoms with van der Waals surface area (Å²) in [7, 11) is 3.03. The van der Waals surface area contributed by atoms with Crippen molar-refractivity contribution < 1.29 is 13.2 Å². The molecule has 2 aromatic rings. The maximum atomic E-state index is 12.7. The minimum Gasteiger partial charge on any atom is -0.376 e. The summed E-state index contributed by atoms with van der Waals surface area (Å²) in [5.74, 6) is -0.273. The van der Waals surface area contributed by atoms with Crippen LogP contribution in [0.2, 0.25) is 0 Å². The number of benzene rings is 2. The van der Waals surface area contributed by atoms with Crippen molar-refractivity contribution in [3.63, 3.8) is 0 Å². The largest absolute Gasteiger partial charge is 0.376 e. The predicted molar refractivity (Wildman–Crippen MR) is 106 cm³/mol. The van der Waals surface area contributed by atoms with Crippen LogP contribution in [0.1, 0.15) is 21.5 Å². The van der Waals surface area contributed by atoms with Gasteiger partial charge in [0.25, 0.3) is 5.91 Å². The number of hydrogen-bond acceptors (Lipinski definition) is 4. The molecule has 0 spiro atoms. The van der Waals surface area contributed by atoms with Crippen LogP contribution in [0.3, 0.4) is 0 Å². The van der Waals surface area contributed by atoms with E-state index in [4.69, 9.17) is 0 Å². The molecule has 7 heteroatoms. The van der Waals surface area contributed by atoms with Crippen LogP contribution in [0.4, 0.5) is 11.4 Å². The normalized spacial score (nSPS) is 11.5. The molecular formula is C19H25N3O3S. The third-order valence-electron chi connectivity index (χ3n) is 4.10. The summed E-state index contributed by atoms with van der Waals surface area (Å²) in [6.45, 7) is 3.84. The first-order valence-electron chi connectivity index (χ1n) is 8.16. The Labute approximate surface area is 155 Å². The van der Waals surface area contributed by atoms with E-state index < -0.39 is 10.0 Å². The van der Waals surface area contributed by atoms with Gasteiger partial charge in [0.15, 0.2) is 0 Å². The van der Waals surface area contributed by atoms with Crippen LogP contribution >= 0.6 is 0 Å². The van der Waals surface area contributed by atoms with E-state index in [1.54, 1.807) is 12.1 Å².